The minimum absolute atomic E-state index is 0.0464. The fourth-order valence-corrected chi connectivity index (χ4v) is 5.19. The summed E-state index contributed by atoms with van der Waals surface area (Å²) < 4.78 is 28.4. The van der Waals surface area contributed by atoms with Crippen LogP contribution in [0, 0.1) is 0 Å². The second-order valence-corrected chi connectivity index (χ2v) is 9.91. The molecule has 1 saturated heterocycles. The van der Waals surface area contributed by atoms with Gasteiger partial charge in [-0.2, -0.15) is 0 Å². The Morgan fingerprint density at radius 1 is 0.906 bits per heavy atom. The number of anilines is 2. The third kappa shape index (κ3) is 4.85. The molecule has 0 radical (unpaired) electrons. The van der Waals surface area contributed by atoms with Crippen LogP contribution in [0.3, 0.4) is 0 Å². The second-order valence-electron chi connectivity index (χ2n) is 7.38. The number of amides is 2. The molecule has 3 aromatic carbocycles. The minimum atomic E-state index is -3.89. The molecule has 0 aliphatic carbocycles. The molecule has 2 amide bonds. The van der Waals surface area contributed by atoms with Crippen molar-refractivity contribution in [3.63, 3.8) is 0 Å². The molecule has 166 valence electrons. The first kappa shape index (κ1) is 22.5. The van der Waals surface area contributed by atoms with E-state index in [2.05, 4.69) is 4.72 Å². The van der Waals surface area contributed by atoms with Gasteiger partial charge in [-0.15, -0.1) is 0 Å². The van der Waals surface area contributed by atoms with E-state index in [0.29, 0.717) is 41.1 Å². The fraction of sp³-hybridized carbons (Fsp3) is 0.174. The number of para-hydroxylation sites is 2. The number of carbonyl (C=O) groups excluding carboxylic acids is 1. The van der Waals surface area contributed by atoms with E-state index in [1.165, 1.54) is 12.1 Å². The number of halogens is 2. The lowest BCUT2D eigenvalue weighted by atomic mass is 10.1. The summed E-state index contributed by atoms with van der Waals surface area (Å²) in [7, 11) is -3.89. The third-order valence-corrected chi connectivity index (χ3v) is 7.14. The molecule has 1 aliphatic rings. The van der Waals surface area contributed by atoms with E-state index in [9.17, 15) is 13.2 Å². The van der Waals surface area contributed by atoms with E-state index in [0.717, 1.165) is 12.0 Å². The quantitative estimate of drug-likeness (QED) is 0.487. The lowest BCUT2D eigenvalue weighted by Gasteiger charge is -2.36. The van der Waals surface area contributed by atoms with Gasteiger partial charge in [0.05, 0.1) is 16.3 Å². The van der Waals surface area contributed by atoms with Gasteiger partial charge in [0.25, 0.3) is 10.0 Å². The molecule has 0 saturated carbocycles. The molecule has 4 rings (SSSR count). The monoisotopic (exact) mass is 489 g/mol. The molecule has 0 unspecified atom stereocenters. The summed E-state index contributed by atoms with van der Waals surface area (Å²) in [5.41, 5.74) is 1.67. The highest BCUT2D eigenvalue weighted by Crippen LogP contribution is 2.31. The zero-order chi connectivity index (χ0) is 22.7. The van der Waals surface area contributed by atoms with Gasteiger partial charge in [0.2, 0.25) is 0 Å². The Hall–Kier alpha value is -2.74. The Labute approximate surface area is 197 Å². The van der Waals surface area contributed by atoms with Crippen LogP contribution < -0.4 is 9.62 Å². The normalized spacial score (nSPS) is 14.5. The highest BCUT2D eigenvalue weighted by Gasteiger charge is 2.29. The van der Waals surface area contributed by atoms with Crippen LogP contribution in [0.4, 0.5) is 16.2 Å². The maximum Gasteiger partial charge on any atom is 0.324 e. The molecule has 9 heteroatoms. The van der Waals surface area contributed by atoms with Crippen molar-refractivity contribution in [3.8, 4) is 0 Å². The molecule has 0 atom stereocenters. The summed E-state index contributed by atoms with van der Waals surface area (Å²) in [5, 5.41) is 0.926. The van der Waals surface area contributed by atoms with Crippen molar-refractivity contribution in [3.05, 3.63) is 88.4 Å². The number of benzene rings is 3. The second kappa shape index (κ2) is 9.40. The van der Waals surface area contributed by atoms with Crippen molar-refractivity contribution in [2.45, 2.75) is 17.9 Å². The van der Waals surface area contributed by atoms with Gasteiger partial charge in [0.15, 0.2) is 0 Å². The van der Waals surface area contributed by atoms with E-state index >= 15 is 0 Å². The molecule has 3 aromatic rings. The number of nitrogens with zero attached hydrogens (tertiary/aromatic N) is 2. The van der Waals surface area contributed by atoms with E-state index in [-0.39, 0.29) is 10.9 Å². The van der Waals surface area contributed by atoms with Crippen LogP contribution in [0.2, 0.25) is 10.0 Å². The standard InChI is InChI=1S/C23H21Cl2N3O3S/c24-18-8-5-9-19(15-18)32(30,31)26-21-11-3-4-12-22(21)28-14-6-13-27(23(28)29)16-17-7-1-2-10-20(17)25/h1-5,7-12,15,26H,6,13-14,16H2. The van der Waals surface area contributed by atoms with Gasteiger partial charge in [-0.3, -0.25) is 9.62 Å². The SMILES string of the molecule is O=C1N(Cc2ccccc2Cl)CCCN1c1ccccc1NS(=O)(=O)c1cccc(Cl)c1. The van der Waals surface area contributed by atoms with E-state index in [1.54, 1.807) is 52.3 Å². The molecule has 1 fully saturated rings. The number of urea groups is 1. The molecule has 0 bridgehead atoms. The molecule has 6 nitrogen and oxygen atoms in total. The molecule has 1 N–H and O–H groups in total. The Morgan fingerprint density at radius 3 is 2.44 bits per heavy atom. The summed E-state index contributed by atoms with van der Waals surface area (Å²) >= 11 is 12.2. The number of sulfonamides is 1. The average Bonchev–Trinajstić information content (AvgIpc) is 2.77. The lowest BCUT2D eigenvalue weighted by Crippen LogP contribution is -2.49. The Morgan fingerprint density at radius 2 is 1.66 bits per heavy atom. The van der Waals surface area contributed by atoms with E-state index in [4.69, 9.17) is 23.2 Å². The predicted octanol–water partition coefficient (Wildman–Crippen LogP) is 5.63. The fourth-order valence-electron chi connectivity index (χ4n) is 3.62. The molecular formula is C23H21Cl2N3O3S. The van der Waals surface area contributed by atoms with Crippen molar-refractivity contribution >= 4 is 50.6 Å². The number of hydrogen-bond acceptors (Lipinski definition) is 3. The topological polar surface area (TPSA) is 69.7 Å². The van der Waals surface area contributed by atoms with Crippen molar-refractivity contribution in [1.29, 1.82) is 0 Å². The number of hydrogen-bond donors (Lipinski definition) is 1. The van der Waals surface area contributed by atoms with Crippen LogP contribution in [-0.2, 0) is 16.6 Å². The summed E-state index contributed by atoms with van der Waals surface area (Å²) in [4.78, 5) is 16.6. The molecule has 32 heavy (non-hydrogen) atoms. The van der Waals surface area contributed by atoms with Crippen molar-refractivity contribution < 1.29 is 13.2 Å². The van der Waals surface area contributed by atoms with E-state index < -0.39 is 10.0 Å². The molecule has 1 heterocycles. The summed E-state index contributed by atoms with van der Waals surface area (Å²) in [5.74, 6) is 0. The van der Waals surface area contributed by atoms with Crippen LogP contribution in [0.1, 0.15) is 12.0 Å². The van der Waals surface area contributed by atoms with Crippen molar-refractivity contribution in [2.24, 2.45) is 0 Å². The van der Waals surface area contributed by atoms with Gasteiger partial charge in [-0.1, -0.05) is 59.6 Å². The average molecular weight is 490 g/mol. The maximum absolute atomic E-state index is 13.3. The van der Waals surface area contributed by atoms with Crippen LogP contribution in [0.15, 0.2) is 77.7 Å². The van der Waals surface area contributed by atoms with E-state index in [1.807, 2.05) is 18.2 Å². The number of nitrogens with one attached hydrogen (secondary N) is 1. The highest BCUT2D eigenvalue weighted by molar-refractivity contribution is 7.92. The van der Waals surface area contributed by atoms with Crippen LogP contribution in [-0.4, -0.2) is 32.4 Å². The highest BCUT2D eigenvalue weighted by atomic mass is 35.5. The first-order valence-electron chi connectivity index (χ1n) is 10.0. The first-order chi connectivity index (χ1) is 15.3. The molecule has 1 aliphatic heterocycles. The van der Waals surface area contributed by atoms with Gasteiger partial charge in [0, 0.05) is 29.7 Å². The summed E-state index contributed by atoms with van der Waals surface area (Å²) in [6.07, 6.45) is 0.742. The number of carbonyl (C=O) groups is 1. The van der Waals surface area contributed by atoms with Crippen LogP contribution in [0.5, 0.6) is 0 Å². The predicted molar refractivity (Wildman–Crippen MR) is 128 cm³/mol. The maximum atomic E-state index is 13.3. The van der Waals surface area contributed by atoms with Gasteiger partial charge >= 0.3 is 6.03 Å². The van der Waals surface area contributed by atoms with Gasteiger partial charge in [0.1, 0.15) is 0 Å². The minimum Gasteiger partial charge on any atom is -0.320 e. The zero-order valence-electron chi connectivity index (χ0n) is 17.0. The Bertz CT molecular complexity index is 1250. The van der Waals surface area contributed by atoms with Crippen molar-refractivity contribution in [2.75, 3.05) is 22.7 Å². The molecular weight excluding hydrogens is 469 g/mol. The Kier molecular flexibility index (Phi) is 6.60. The summed E-state index contributed by atoms with van der Waals surface area (Å²) in [6, 6.07) is 20.1. The van der Waals surface area contributed by atoms with Crippen molar-refractivity contribution in [1.82, 2.24) is 4.90 Å². The van der Waals surface area contributed by atoms with Gasteiger partial charge in [-0.25, -0.2) is 13.2 Å². The molecule has 0 spiro atoms. The smallest absolute Gasteiger partial charge is 0.320 e. The van der Waals surface area contributed by atoms with Crippen LogP contribution in [0.25, 0.3) is 0 Å². The Balaban J connectivity index is 1.60. The largest absolute Gasteiger partial charge is 0.324 e. The first-order valence-corrected chi connectivity index (χ1v) is 12.3. The van der Waals surface area contributed by atoms with Gasteiger partial charge < -0.3 is 4.90 Å². The van der Waals surface area contributed by atoms with Crippen LogP contribution >= 0.6 is 23.2 Å². The molecule has 0 aromatic heterocycles. The zero-order valence-corrected chi connectivity index (χ0v) is 19.4. The van der Waals surface area contributed by atoms with Gasteiger partial charge in [-0.05, 0) is 48.4 Å². The summed E-state index contributed by atoms with van der Waals surface area (Å²) in [6.45, 7) is 1.45. The lowest BCUT2D eigenvalue weighted by molar-refractivity contribution is 0.192. The number of rotatable bonds is 6. The third-order valence-electron chi connectivity index (χ3n) is 5.18.